The molecule has 5 heteroatoms. The summed E-state index contributed by atoms with van der Waals surface area (Å²) in [4.78, 5) is 10.7. The Balaban J connectivity index is 2.52. The Hall–Kier alpha value is -1.46. The normalized spacial score (nSPS) is 23.2. The van der Waals surface area contributed by atoms with Gasteiger partial charge in [0, 0.05) is 6.07 Å². The molecule has 1 fully saturated rings. The highest BCUT2D eigenvalue weighted by molar-refractivity contribution is 5.43. The van der Waals surface area contributed by atoms with Crippen LogP contribution in [0.15, 0.2) is 24.3 Å². The summed E-state index contributed by atoms with van der Waals surface area (Å²) in [6, 6.07) is 6.52. The number of ether oxygens (including phenoxy) is 2. The first-order valence-corrected chi connectivity index (χ1v) is 6.23. The maximum Gasteiger partial charge on any atom is 0.277 e. The molecule has 2 rings (SSSR count). The highest BCUT2D eigenvalue weighted by Crippen LogP contribution is 2.50. The lowest BCUT2D eigenvalue weighted by Crippen LogP contribution is -2.41. The molecule has 104 valence electrons. The minimum atomic E-state index is -1.11. The summed E-state index contributed by atoms with van der Waals surface area (Å²) in [6.07, 6.45) is 0. The largest absolute Gasteiger partial charge is 0.337 e. The van der Waals surface area contributed by atoms with Gasteiger partial charge in [0.25, 0.3) is 5.69 Å². The van der Waals surface area contributed by atoms with E-state index >= 15 is 0 Å². The van der Waals surface area contributed by atoms with Crippen LogP contribution in [0.25, 0.3) is 0 Å². The van der Waals surface area contributed by atoms with Crippen molar-refractivity contribution in [3.05, 3.63) is 39.9 Å². The molecule has 0 aromatic heterocycles. The fourth-order valence-electron chi connectivity index (χ4n) is 2.37. The smallest absolute Gasteiger partial charge is 0.277 e. The second-order valence-electron chi connectivity index (χ2n) is 5.94. The van der Waals surface area contributed by atoms with E-state index in [2.05, 4.69) is 0 Å². The van der Waals surface area contributed by atoms with Crippen molar-refractivity contribution in [3.63, 3.8) is 0 Å². The average molecular weight is 265 g/mol. The third kappa shape index (κ3) is 2.13. The molecule has 5 nitrogen and oxygen atoms in total. The van der Waals surface area contributed by atoms with Crippen LogP contribution in [0.2, 0.25) is 0 Å². The first-order chi connectivity index (χ1) is 8.59. The third-order valence-corrected chi connectivity index (χ3v) is 3.94. The van der Waals surface area contributed by atoms with E-state index in [1.54, 1.807) is 25.1 Å². The molecule has 1 aliphatic rings. The zero-order valence-electron chi connectivity index (χ0n) is 11.9. The van der Waals surface area contributed by atoms with E-state index < -0.39 is 21.9 Å². The molecule has 0 N–H and O–H groups in total. The number of para-hydroxylation sites is 1. The lowest BCUT2D eigenvalue weighted by atomic mass is 9.90. The summed E-state index contributed by atoms with van der Waals surface area (Å²) in [5.74, 6) is -1.11. The first-order valence-electron chi connectivity index (χ1n) is 6.23. The number of hydrogen-bond donors (Lipinski definition) is 0. The van der Waals surface area contributed by atoms with E-state index in [1.165, 1.54) is 6.07 Å². The van der Waals surface area contributed by atoms with Gasteiger partial charge in [0.05, 0.1) is 21.7 Å². The van der Waals surface area contributed by atoms with Gasteiger partial charge >= 0.3 is 0 Å². The van der Waals surface area contributed by atoms with Crippen molar-refractivity contribution in [1.82, 2.24) is 0 Å². The molecule has 0 spiro atoms. The van der Waals surface area contributed by atoms with Crippen LogP contribution in [0.5, 0.6) is 0 Å². The predicted molar refractivity (Wildman–Crippen MR) is 70.8 cm³/mol. The highest BCUT2D eigenvalue weighted by Gasteiger charge is 2.57. The van der Waals surface area contributed by atoms with E-state index in [9.17, 15) is 10.1 Å². The zero-order chi connectivity index (χ0) is 14.5. The standard InChI is InChI=1S/C14H19NO4/c1-12(2)13(3,4)19-14(5,18-12)10-8-6-7-9-11(10)15(16)17/h6-9H,1-5H3. The molecular weight excluding hydrogens is 246 g/mol. The fourth-order valence-corrected chi connectivity index (χ4v) is 2.37. The molecule has 0 saturated carbocycles. The van der Waals surface area contributed by atoms with Gasteiger partial charge in [0.15, 0.2) is 5.79 Å². The molecule has 1 saturated heterocycles. The summed E-state index contributed by atoms with van der Waals surface area (Å²) in [5.41, 5.74) is -0.617. The van der Waals surface area contributed by atoms with Crippen molar-refractivity contribution in [2.45, 2.75) is 51.6 Å². The molecule has 0 radical (unpaired) electrons. The number of nitro groups is 1. The zero-order valence-corrected chi connectivity index (χ0v) is 11.9. The number of hydrogen-bond acceptors (Lipinski definition) is 4. The van der Waals surface area contributed by atoms with Gasteiger partial charge in [-0.2, -0.15) is 0 Å². The van der Waals surface area contributed by atoms with Crippen molar-refractivity contribution in [2.24, 2.45) is 0 Å². The third-order valence-electron chi connectivity index (χ3n) is 3.94. The molecule has 0 bridgehead atoms. The van der Waals surface area contributed by atoms with Gasteiger partial charge in [-0.15, -0.1) is 0 Å². The van der Waals surface area contributed by atoms with E-state index in [4.69, 9.17) is 9.47 Å². The van der Waals surface area contributed by atoms with Crippen LogP contribution < -0.4 is 0 Å². The van der Waals surface area contributed by atoms with Crippen molar-refractivity contribution < 1.29 is 14.4 Å². The molecule has 0 unspecified atom stereocenters. The summed E-state index contributed by atoms with van der Waals surface area (Å²) in [7, 11) is 0. The second-order valence-corrected chi connectivity index (χ2v) is 5.94. The molecule has 1 aromatic rings. The van der Waals surface area contributed by atoms with E-state index in [0.29, 0.717) is 5.56 Å². The first kappa shape index (κ1) is 14.0. The maximum absolute atomic E-state index is 11.1. The Morgan fingerprint density at radius 2 is 1.47 bits per heavy atom. The van der Waals surface area contributed by atoms with Crippen molar-refractivity contribution in [2.75, 3.05) is 0 Å². The van der Waals surface area contributed by atoms with E-state index in [-0.39, 0.29) is 5.69 Å². The molecule has 1 heterocycles. The predicted octanol–water partition coefficient (Wildman–Crippen LogP) is 3.37. The molecule has 19 heavy (non-hydrogen) atoms. The Bertz CT molecular complexity index is 506. The van der Waals surface area contributed by atoms with Crippen LogP contribution in [0.1, 0.15) is 40.2 Å². The van der Waals surface area contributed by atoms with Crippen molar-refractivity contribution >= 4 is 5.69 Å². The maximum atomic E-state index is 11.1. The Morgan fingerprint density at radius 1 is 1.00 bits per heavy atom. The van der Waals surface area contributed by atoms with Gasteiger partial charge in [-0.3, -0.25) is 10.1 Å². The Morgan fingerprint density at radius 3 is 1.95 bits per heavy atom. The molecular formula is C14H19NO4. The van der Waals surface area contributed by atoms with Crippen LogP contribution in [-0.2, 0) is 15.3 Å². The van der Waals surface area contributed by atoms with Crippen molar-refractivity contribution in [3.8, 4) is 0 Å². The SMILES string of the molecule is CC1(c2ccccc2[N+](=O)[O-])OC(C)(C)C(C)(C)O1. The summed E-state index contributed by atoms with van der Waals surface area (Å²) >= 11 is 0. The molecule has 0 amide bonds. The quantitative estimate of drug-likeness (QED) is 0.607. The minimum absolute atomic E-state index is 0.0125. The minimum Gasteiger partial charge on any atom is -0.337 e. The Labute approximate surface area is 112 Å². The Kier molecular flexibility index (Phi) is 2.95. The second kappa shape index (κ2) is 4.02. The van der Waals surface area contributed by atoms with Gasteiger partial charge in [0.2, 0.25) is 0 Å². The van der Waals surface area contributed by atoms with E-state index in [1.807, 2.05) is 27.7 Å². The number of nitrogens with zero attached hydrogens (tertiary/aromatic N) is 1. The lowest BCUT2D eigenvalue weighted by molar-refractivity contribution is -0.388. The van der Waals surface area contributed by atoms with E-state index in [0.717, 1.165) is 0 Å². The van der Waals surface area contributed by atoms with Crippen molar-refractivity contribution in [1.29, 1.82) is 0 Å². The van der Waals surface area contributed by atoms with Crippen LogP contribution in [-0.4, -0.2) is 16.1 Å². The summed E-state index contributed by atoms with van der Waals surface area (Å²) in [5, 5.41) is 11.1. The van der Waals surface area contributed by atoms with Gasteiger partial charge < -0.3 is 9.47 Å². The lowest BCUT2D eigenvalue weighted by Gasteiger charge is -2.30. The fraction of sp³-hybridized carbons (Fsp3) is 0.571. The van der Waals surface area contributed by atoms with Gasteiger partial charge in [-0.25, -0.2) is 0 Å². The van der Waals surface area contributed by atoms with Gasteiger partial charge in [0.1, 0.15) is 0 Å². The molecule has 0 aliphatic carbocycles. The summed E-state index contributed by atoms with van der Waals surface area (Å²) < 4.78 is 12.0. The summed E-state index contributed by atoms with van der Waals surface area (Å²) in [6.45, 7) is 9.42. The topological polar surface area (TPSA) is 61.6 Å². The molecule has 0 atom stereocenters. The van der Waals surface area contributed by atoms with Crippen LogP contribution in [0.4, 0.5) is 5.69 Å². The highest BCUT2D eigenvalue weighted by atomic mass is 16.8. The van der Waals surface area contributed by atoms with Gasteiger partial charge in [-0.1, -0.05) is 12.1 Å². The number of benzene rings is 1. The monoisotopic (exact) mass is 265 g/mol. The number of rotatable bonds is 2. The molecule has 1 aromatic carbocycles. The molecule has 1 aliphatic heterocycles. The number of nitro benzene ring substituents is 1. The van der Waals surface area contributed by atoms with Crippen LogP contribution in [0, 0.1) is 10.1 Å². The average Bonchev–Trinajstić information content (AvgIpc) is 2.43. The van der Waals surface area contributed by atoms with Crippen LogP contribution >= 0.6 is 0 Å². The van der Waals surface area contributed by atoms with Gasteiger partial charge in [-0.05, 0) is 40.7 Å². The van der Waals surface area contributed by atoms with Crippen LogP contribution in [0.3, 0.4) is 0 Å².